The van der Waals surface area contributed by atoms with Crippen LogP contribution in [0.3, 0.4) is 0 Å². The van der Waals surface area contributed by atoms with Gasteiger partial charge in [0.1, 0.15) is 5.78 Å². The first-order valence-corrected chi connectivity index (χ1v) is 41.6. The van der Waals surface area contributed by atoms with E-state index < -0.39 is 5.97 Å². The van der Waals surface area contributed by atoms with Gasteiger partial charge in [-0.2, -0.15) is 16.6 Å². The number of nitrogens with two attached hydrogens (primary N) is 2. The number of aromatic nitrogens is 10. The van der Waals surface area contributed by atoms with Crippen LogP contribution >= 0.6 is 59.0 Å². The number of aliphatic carboxylic acids is 1. The molecule has 35 heteroatoms. The van der Waals surface area contributed by atoms with Gasteiger partial charge in [-0.05, 0) is 170 Å². The van der Waals surface area contributed by atoms with Gasteiger partial charge in [-0.25, -0.2) is 10.5 Å². The molecule has 8 aromatic rings. The summed E-state index contributed by atoms with van der Waals surface area (Å²) >= 11 is 7.30. The minimum absolute atomic E-state index is 0. The van der Waals surface area contributed by atoms with Crippen LogP contribution in [0.5, 0.6) is 0 Å². The predicted molar refractivity (Wildman–Crippen MR) is 503 cm³/mol. The van der Waals surface area contributed by atoms with Crippen LogP contribution in [0.15, 0.2) is 172 Å². The summed E-state index contributed by atoms with van der Waals surface area (Å²) in [6.45, 7) is 20.5. The van der Waals surface area contributed by atoms with Gasteiger partial charge in [0, 0.05) is 200 Å². The van der Waals surface area contributed by atoms with Crippen LogP contribution in [0.4, 0.5) is 0 Å². The first-order chi connectivity index (χ1) is 56.3. The third kappa shape index (κ3) is 77.0. The summed E-state index contributed by atoms with van der Waals surface area (Å²) in [7, 11) is 13.3. The number of amides is 1. The van der Waals surface area contributed by atoms with E-state index in [-0.39, 0.29) is 125 Å². The fourth-order valence-corrected chi connectivity index (χ4v) is 9.50. The number of pyridine rings is 6. The number of hydrogen-bond acceptors (Lipinski definition) is 23. The Bertz CT molecular complexity index is 3590. The Balaban J connectivity index is -0.000000126. The van der Waals surface area contributed by atoms with Crippen LogP contribution in [0.25, 0.3) is 22.4 Å². The van der Waals surface area contributed by atoms with E-state index >= 15 is 0 Å². The van der Waals surface area contributed by atoms with Crippen molar-refractivity contribution in [2.45, 2.75) is 176 Å². The number of Topliss-reactive ketones (excluding diaryl/α,β-unsaturated/α-hetero) is 2. The number of unbranched alkanes of at least 4 members (excludes halogenated alkanes) is 5. The number of aliphatic hydroxyl groups is 2. The van der Waals surface area contributed by atoms with Crippen LogP contribution in [-0.2, 0) is 76.9 Å². The molecule has 10 rings (SSSR count). The number of hydroxylamine groups is 3. The molecule has 1 amide bonds. The Morgan fingerprint density at radius 1 is 0.648 bits per heavy atom. The van der Waals surface area contributed by atoms with E-state index in [9.17, 15) is 24.0 Å². The van der Waals surface area contributed by atoms with E-state index in [1.807, 2.05) is 91.2 Å². The number of nitrogens with one attached hydrogen (secondary N) is 3. The number of aromatic amines is 2. The second-order valence-electron chi connectivity index (χ2n) is 25.0. The van der Waals surface area contributed by atoms with Gasteiger partial charge < -0.3 is 48.5 Å². The van der Waals surface area contributed by atoms with Gasteiger partial charge >= 0.3 is 54.4 Å². The normalized spacial score (nSPS) is 10.5. The molecule has 10 heterocycles. The number of carboxylic acid groups (broad SMARTS) is 1. The molecule has 28 nitrogen and oxygen atoms in total. The molecule has 2 aliphatic heterocycles. The number of alkyl halides is 1. The summed E-state index contributed by atoms with van der Waals surface area (Å²) in [5.74, 6) is 7.59. The topological polar surface area (TPSA) is 414 Å². The Morgan fingerprint density at radius 3 is 1.40 bits per heavy atom. The molecule has 0 bridgehead atoms. The predicted octanol–water partition coefficient (Wildman–Crippen LogP) is 8.57. The van der Waals surface area contributed by atoms with Crippen LogP contribution in [0.2, 0.25) is 0 Å². The van der Waals surface area contributed by atoms with Crippen LogP contribution < -0.4 is 65.6 Å². The number of carbonyl (C=O) groups excluding carboxylic acids is 4. The minimum Gasteiger partial charge on any atom is -1.00 e. The molecule has 1 fully saturated rings. The fraction of sp³-hybridized carbons (Fsp3) is 0.471. The number of ketones is 2. The second kappa shape index (κ2) is 99.8. The summed E-state index contributed by atoms with van der Waals surface area (Å²) in [6, 6.07) is 22.3. The maximum absolute atomic E-state index is 12.1. The molecule has 0 spiro atoms. The molecule has 0 unspecified atom stereocenters. The monoisotopic (exact) mass is 1880 g/mol. The van der Waals surface area contributed by atoms with Crippen LogP contribution in [0.1, 0.15) is 184 Å². The Labute approximate surface area is 797 Å². The maximum Gasteiger partial charge on any atom is 1.00 e. The van der Waals surface area contributed by atoms with Crippen molar-refractivity contribution in [3.05, 3.63) is 223 Å². The molecule has 675 valence electrons. The van der Waals surface area contributed by atoms with Crippen molar-refractivity contribution in [2.24, 2.45) is 11.7 Å². The molecule has 0 atom stereocenters. The number of ether oxygens (including phenoxy) is 1. The van der Waals surface area contributed by atoms with E-state index in [1.54, 1.807) is 121 Å². The standard InChI is InChI=1S/C14H20N2O.C13H21N3.C12H15N3.C11H15NO.C9H12N2O2.C7H6ClNO.C7H7NO2.C4H8O.C4H9.C2H7NO.C2H6O.CH3I.CH4O.B.2ClH.Li.H4N2.Na.H2O.H/c1-4-5-8-14(17)13(11-16(2)3)12-7-6-9-15-10-12;1-3-4-6-11-9-14-15-13(11)12-7-5-8-16(2)10-12;1-2-3-5-11-9-14-15-12(11)10-6-4-7-13-8-10;1-2-3-6-11(13)8-10-5-4-7-12-9-10;1-11(13-2)9(12)6-8-4-3-5-10-7-8;8-7(10)4-6-2-1-3-9-5-6;9-7(10)4-6-2-1-3-8-5-6;1-2-4-5-3-1;2*1-3-4-2;1-2-3;2*1-2;;;;;1-2;;;/h6-7,9-11H,4-5,8H2,1-3H3;7,9H,3-6,8,10H2,1-2H3,(H,14,15);4,6-9H,2-3,5H2,1H3,(H,14,15);4-5,7,9H,2-3,6,8H2,1H3;3-5,7H,6H2,1-2H3;1-3,5H,4H2;1-3,5H,4H2,(H,9,10);1-4H2;1,3-4H2,2H3;3H,1-2H3;3H,2H2,1H3;1H3;2H,1H3;;2*1H;;1-2H2;;1H2;/q;;;;;;;;-1;;;;;;;;+1;;+1;;-1/b13-11-;;;;;;;;;;;;;;;;;;;;. The van der Waals surface area contributed by atoms with Gasteiger partial charge in [-0.1, -0.05) is 126 Å². The largest absolute Gasteiger partial charge is 1.00 e. The van der Waals surface area contributed by atoms with Crippen molar-refractivity contribution in [3.8, 4) is 11.3 Å². The van der Waals surface area contributed by atoms with E-state index in [2.05, 4.69) is 161 Å². The Kier molecular flexibility index (Phi) is 111. The summed E-state index contributed by atoms with van der Waals surface area (Å²) in [5.41, 5.74) is 15.1. The number of aliphatic hydroxyl groups excluding tert-OH is 2. The number of hydrazine groups is 1. The summed E-state index contributed by atoms with van der Waals surface area (Å²) in [4.78, 5) is 94.2. The quantitative estimate of drug-likeness (QED) is 0.00332. The molecule has 122 heavy (non-hydrogen) atoms. The SMILES string of the molecule is C1CCOC1.CCCCC(=O)/C(=C\N(C)C)c1cccnc1.CCCCC(=O)Cc1cccnc1.CCCCc1cn[nH]c1-c1cccnc1.CCCCc1cn[nH]c1C1=CCCN(C)C1.CCO.CI.CNOC.CO.CON(C)C(=O)Cc1cccnc1.Cl.Cl.NN.O.O=C(Cl)Cc1cccnc1.O=C(O)Cc1cccnc1.[B].[CH2-]CCC.[H-].[Li+].[Na+]. The molecule has 1 saturated heterocycles. The van der Waals surface area contributed by atoms with E-state index in [4.69, 9.17) is 36.5 Å². The van der Waals surface area contributed by atoms with E-state index in [1.165, 1.54) is 86.1 Å². The fourth-order valence-electron chi connectivity index (χ4n) is 9.34. The first kappa shape index (κ1) is 136. The number of carboxylic acids is 1. The van der Waals surface area contributed by atoms with Gasteiger partial charge in [0.25, 0.3) is 0 Å². The zero-order valence-corrected chi connectivity index (χ0v) is 82.1. The zero-order chi connectivity index (χ0) is 87.6. The smallest absolute Gasteiger partial charge is 1.00 e. The van der Waals surface area contributed by atoms with Crippen molar-refractivity contribution < 1.29 is 109 Å². The molecule has 12 N–H and O–H groups in total. The van der Waals surface area contributed by atoms with Crippen LogP contribution in [0, 0.1) is 6.92 Å². The number of aryl methyl sites for hydroxylation is 2. The van der Waals surface area contributed by atoms with Gasteiger partial charge in [0.2, 0.25) is 11.1 Å². The number of rotatable bonds is 28. The molecular weight excluding hydrogens is 1740 g/mol. The van der Waals surface area contributed by atoms with Gasteiger partial charge in [-0.15, -0.1) is 24.8 Å². The minimum atomic E-state index is -0.826. The van der Waals surface area contributed by atoms with E-state index in [0.29, 0.717) is 31.5 Å². The first-order valence-electron chi connectivity index (χ1n) is 39.0. The molecule has 0 saturated carbocycles. The molecular formula is C87H142BCl3ILiN16NaO12. The number of likely N-dealkylation sites (N-methyl/N-ethyl adjacent to an activating group) is 2. The number of nitrogens with zero attached hydrogens (tertiary/aromatic N) is 11. The number of halogens is 4. The van der Waals surface area contributed by atoms with Gasteiger partial charge in [0.05, 0.1) is 50.8 Å². The molecule has 0 aromatic carbocycles. The van der Waals surface area contributed by atoms with Crippen molar-refractivity contribution in [2.75, 3.05) is 94.4 Å². The molecule has 0 aliphatic carbocycles. The third-order valence-electron chi connectivity index (χ3n) is 15.2. The summed E-state index contributed by atoms with van der Waals surface area (Å²) in [5, 5.41) is 38.2. The number of hydrogen-bond donors (Lipinski definition) is 8. The Morgan fingerprint density at radius 2 is 1.05 bits per heavy atom. The number of H-pyrrole nitrogens is 2. The molecule has 3 radical (unpaired) electrons. The number of carbonyl (C=O) groups is 5. The maximum atomic E-state index is 12.1. The second-order valence-corrected chi connectivity index (χ2v) is 25.5. The van der Waals surface area contributed by atoms with Crippen molar-refractivity contribution in [1.82, 2.24) is 70.6 Å². The molecule has 8 aromatic heterocycles. The van der Waals surface area contributed by atoms with Crippen molar-refractivity contribution in [1.29, 1.82) is 0 Å². The van der Waals surface area contributed by atoms with Gasteiger partial charge in [-0.3, -0.25) is 80.6 Å². The Hall–Kier alpha value is -6.59. The molecule has 2 aliphatic rings. The third-order valence-corrected chi connectivity index (χ3v) is 15.4. The van der Waals surface area contributed by atoms with E-state index in [0.717, 1.165) is 123 Å². The van der Waals surface area contributed by atoms with Crippen molar-refractivity contribution >= 4 is 107 Å². The van der Waals surface area contributed by atoms with Gasteiger partial charge in [0.15, 0.2) is 5.78 Å². The average molecular weight is 1880 g/mol. The van der Waals surface area contributed by atoms with Crippen LogP contribution in [-0.4, -0.2) is 217 Å². The zero-order valence-electron chi connectivity index (χ0n) is 76.6. The van der Waals surface area contributed by atoms with Crippen molar-refractivity contribution in [3.63, 3.8) is 0 Å². The summed E-state index contributed by atoms with van der Waals surface area (Å²) in [6.07, 6.45) is 48.1. The number of allylic oxidation sites excluding steroid dienone is 1. The average Bonchev–Trinajstić information content (AvgIpc) is 1.73. The summed E-state index contributed by atoms with van der Waals surface area (Å²) < 4.78 is 4.94.